The summed E-state index contributed by atoms with van der Waals surface area (Å²) in [5.74, 6) is -2.08. The lowest BCUT2D eigenvalue weighted by atomic mass is 9.90. The Kier molecular flexibility index (Phi) is 6.07. The fourth-order valence-electron chi connectivity index (χ4n) is 2.71. The van der Waals surface area contributed by atoms with E-state index in [0.717, 1.165) is 7.05 Å². The fraction of sp³-hybridized carbons (Fsp3) is 0.353. The molecule has 0 spiro atoms. The number of amidine groups is 1. The number of rotatable bonds is 3. The first kappa shape index (κ1) is 22.4. The van der Waals surface area contributed by atoms with Crippen molar-refractivity contribution in [3.63, 3.8) is 0 Å². The monoisotopic (exact) mass is 423 g/mol. The van der Waals surface area contributed by atoms with Gasteiger partial charge in [-0.3, -0.25) is 15.0 Å². The Bertz CT molecular complexity index is 903. The zero-order valence-electron chi connectivity index (χ0n) is 15.1. The average Bonchev–Trinajstić information content (AvgIpc) is 3.13. The van der Waals surface area contributed by atoms with Crippen molar-refractivity contribution in [2.24, 2.45) is 10.1 Å². The van der Waals surface area contributed by atoms with Crippen molar-refractivity contribution >= 4 is 17.5 Å². The lowest BCUT2D eigenvalue weighted by Gasteiger charge is -2.24. The first-order chi connectivity index (χ1) is 13.3. The van der Waals surface area contributed by atoms with Crippen molar-refractivity contribution in [3.05, 3.63) is 46.5 Å². The van der Waals surface area contributed by atoms with Crippen LogP contribution in [0.3, 0.4) is 0 Å². The highest BCUT2D eigenvalue weighted by atomic mass is 19.4. The van der Waals surface area contributed by atoms with Crippen molar-refractivity contribution in [1.82, 2.24) is 5.06 Å². The van der Waals surface area contributed by atoms with Gasteiger partial charge in [-0.25, -0.2) is 0 Å². The zero-order valence-corrected chi connectivity index (χ0v) is 15.1. The number of nitrogens with zero attached hydrogens (tertiary/aromatic N) is 3. The van der Waals surface area contributed by atoms with Crippen molar-refractivity contribution in [1.29, 1.82) is 0 Å². The maximum atomic E-state index is 13.9. The van der Waals surface area contributed by atoms with E-state index in [-0.39, 0.29) is 23.7 Å². The van der Waals surface area contributed by atoms with Gasteiger partial charge in [0.15, 0.2) is 5.84 Å². The number of alkyl halides is 6. The van der Waals surface area contributed by atoms with Crippen LogP contribution < -0.4 is 0 Å². The minimum absolute atomic E-state index is 0.191. The Balaban J connectivity index is 2.89. The SMILES string of the molecule is C=C(C)C(=O)N(O)C(=NC)c1ccc(C(F)(F)F)c(C2=NOCC2)c1C(F)(F)F. The number of aliphatic imine (C=N–C) groups is 1. The third kappa shape index (κ3) is 4.42. The Labute approximate surface area is 160 Å². The van der Waals surface area contributed by atoms with Gasteiger partial charge in [0.25, 0.3) is 5.91 Å². The molecule has 12 heteroatoms. The maximum Gasteiger partial charge on any atom is 0.417 e. The number of carbonyl (C=O) groups excluding carboxylic acids is 1. The predicted octanol–water partition coefficient (Wildman–Crippen LogP) is 4.02. The van der Waals surface area contributed by atoms with Gasteiger partial charge >= 0.3 is 12.4 Å². The maximum absolute atomic E-state index is 13.9. The molecule has 0 aromatic heterocycles. The number of oxime groups is 1. The molecule has 0 bridgehead atoms. The Morgan fingerprint density at radius 1 is 1.24 bits per heavy atom. The van der Waals surface area contributed by atoms with Gasteiger partial charge in [0.1, 0.15) is 6.61 Å². The van der Waals surface area contributed by atoms with Crippen LogP contribution in [-0.4, -0.2) is 41.4 Å². The molecule has 1 N–H and O–H groups in total. The van der Waals surface area contributed by atoms with Crippen LogP contribution in [-0.2, 0) is 22.0 Å². The molecule has 158 valence electrons. The Morgan fingerprint density at radius 3 is 2.28 bits per heavy atom. The predicted molar refractivity (Wildman–Crippen MR) is 89.5 cm³/mol. The van der Waals surface area contributed by atoms with E-state index in [0.29, 0.717) is 12.1 Å². The summed E-state index contributed by atoms with van der Waals surface area (Å²) in [6, 6.07) is 0.897. The molecule has 0 radical (unpaired) electrons. The van der Waals surface area contributed by atoms with Crippen molar-refractivity contribution in [2.75, 3.05) is 13.7 Å². The average molecular weight is 423 g/mol. The van der Waals surface area contributed by atoms with Gasteiger partial charge in [-0.15, -0.1) is 0 Å². The van der Waals surface area contributed by atoms with Gasteiger partial charge in [-0.05, 0) is 19.1 Å². The molecular formula is C17H15F6N3O3. The van der Waals surface area contributed by atoms with Gasteiger partial charge in [-0.1, -0.05) is 11.7 Å². The standard InChI is InChI=1S/C17H15F6N3O3/c1-8(2)15(27)26(28)14(24-3)9-4-5-10(16(18,19)20)12(11-6-7-29-25-11)13(9)17(21,22)23/h4-5,28H,1,6-7H2,2-3H3. The highest BCUT2D eigenvalue weighted by Gasteiger charge is 2.45. The molecule has 0 unspecified atom stereocenters. The van der Waals surface area contributed by atoms with Crippen molar-refractivity contribution < 1.29 is 41.2 Å². The van der Waals surface area contributed by atoms with Gasteiger partial charge in [0, 0.05) is 30.2 Å². The topological polar surface area (TPSA) is 74.5 Å². The molecule has 0 atom stereocenters. The molecule has 1 aromatic carbocycles. The summed E-state index contributed by atoms with van der Waals surface area (Å²) in [5, 5.41) is 13.1. The number of carbonyl (C=O) groups is 1. The van der Waals surface area contributed by atoms with E-state index in [4.69, 9.17) is 0 Å². The number of hydrogen-bond acceptors (Lipinski definition) is 5. The fourth-order valence-corrected chi connectivity index (χ4v) is 2.71. The van der Waals surface area contributed by atoms with E-state index in [1.54, 1.807) is 0 Å². The first-order valence-electron chi connectivity index (χ1n) is 7.97. The number of halogens is 6. The van der Waals surface area contributed by atoms with E-state index in [9.17, 15) is 36.3 Å². The van der Waals surface area contributed by atoms with Crippen LogP contribution in [0.25, 0.3) is 0 Å². The molecule has 0 saturated carbocycles. The molecule has 0 saturated heterocycles. The second kappa shape index (κ2) is 7.85. The third-order valence-electron chi connectivity index (χ3n) is 3.90. The zero-order chi connectivity index (χ0) is 22.1. The van der Waals surface area contributed by atoms with Crippen LogP contribution in [0.15, 0.2) is 34.4 Å². The van der Waals surface area contributed by atoms with Crippen LogP contribution in [0.1, 0.15) is 35.6 Å². The van der Waals surface area contributed by atoms with E-state index >= 15 is 0 Å². The van der Waals surface area contributed by atoms with E-state index in [1.807, 2.05) is 0 Å². The largest absolute Gasteiger partial charge is 0.417 e. The summed E-state index contributed by atoms with van der Waals surface area (Å²) in [4.78, 5) is 20.0. The molecule has 6 nitrogen and oxygen atoms in total. The van der Waals surface area contributed by atoms with Crippen LogP contribution in [0, 0.1) is 0 Å². The quantitative estimate of drug-likeness (QED) is 0.199. The molecular weight excluding hydrogens is 408 g/mol. The lowest BCUT2D eigenvalue weighted by Crippen LogP contribution is -2.37. The van der Waals surface area contributed by atoms with E-state index in [1.165, 1.54) is 6.92 Å². The Hall–Kier alpha value is -2.89. The van der Waals surface area contributed by atoms with Gasteiger partial charge < -0.3 is 4.84 Å². The van der Waals surface area contributed by atoms with Crippen molar-refractivity contribution in [2.45, 2.75) is 25.7 Å². The minimum atomic E-state index is -5.31. The van der Waals surface area contributed by atoms with E-state index in [2.05, 4.69) is 21.6 Å². The van der Waals surface area contributed by atoms with Crippen LogP contribution in [0.2, 0.25) is 0 Å². The highest BCUT2D eigenvalue weighted by molar-refractivity contribution is 6.13. The lowest BCUT2D eigenvalue weighted by molar-refractivity contribution is -0.146. The smallest absolute Gasteiger partial charge is 0.395 e. The highest BCUT2D eigenvalue weighted by Crippen LogP contribution is 2.42. The summed E-state index contributed by atoms with van der Waals surface area (Å²) in [6.45, 7) is 4.27. The minimum Gasteiger partial charge on any atom is -0.395 e. The van der Waals surface area contributed by atoms with Gasteiger partial charge in [0.2, 0.25) is 0 Å². The summed E-state index contributed by atoms with van der Waals surface area (Å²) in [7, 11) is 0.970. The number of hydroxylamine groups is 2. The first-order valence-corrected chi connectivity index (χ1v) is 7.97. The molecule has 1 aromatic rings. The van der Waals surface area contributed by atoms with Gasteiger partial charge in [0.05, 0.1) is 16.8 Å². The summed E-state index contributed by atoms with van der Waals surface area (Å²) >= 11 is 0. The molecule has 0 aliphatic carbocycles. The third-order valence-corrected chi connectivity index (χ3v) is 3.90. The number of amides is 1. The normalized spacial score (nSPS) is 15.1. The molecule has 2 rings (SSSR count). The second-order valence-corrected chi connectivity index (χ2v) is 5.97. The van der Waals surface area contributed by atoms with Crippen LogP contribution in [0.4, 0.5) is 26.3 Å². The van der Waals surface area contributed by atoms with Crippen LogP contribution in [0.5, 0.6) is 0 Å². The molecule has 1 amide bonds. The summed E-state index contributed by atoms with van der Waals surface area (Å²) < 4.78 is 82.2. The summed E-state index contributed by atoms with van der Waals surface area (Å²) in [6.07, 6.45) is -10.7. The van der Waals surface area contributed by atoms with Crippen LogP contribution >= 0.6 is 0 Å². The van der Waals surface area contributed by atoms with E-state index < -0.39 is 52.1 Å². The second-order valence-electron chi connectivity index (χ2n) is 5.97. The number of hydrogen-bond donors (Lipinski definition) is 1. The summed E-state index contributed by atoms with van der Waals surface area (Å²) in [5.41, 5.74) is -6.29. The number of benzene rings is 1. The molecule has 1 heterocycles. The molecule has 1 aliphatic heterocycles. The Morgan fingerprint density at radius 2 is 1.86 bits per heavy atom. The van der Waals surface area contributed by atoms with Gasteiger partial charge in [-0.2, -0.15) is 31.4 Å². The van der Waals surface area contributed by atoms with Crippen molar-refractivity contribution in [3.8, 4) is 0 Å². The molecule has 0 fully saturated rings. The molecule has 1 aliphatic rings. The molecule has 29 heavy (non-hydrogen) atoms.